The minimum Gasteiger partial charge on any atom is -0.357 e. The number of guanidine groups is 1. The zero-order valence-electron chi connectivity index (χ0n) is 17.3. The van der Waals surface area contributed by atoms with E-state index >= 15 is 0 Å². The molecule has 1 unspecified atom stereocenters. The highest BCUT2D eigenvalue weighted by Gasteiger charge is 2.46. The van der Waals surface area contributed by atoms with Crippen LogP contribution in [-0.4, -0.2) is 46.8 Å². The van der Waals surface area contributed by atoms with E-state index < -0.39 is 0 Å². The zero-order valence-corrected chi connectivity index (χ0v) is 19.6. The van der Waals surface area contributed by atoms with E-state index in [2.05, 4.69) is 28.4 Å². The first kappa shape index (κ1) is 22.1. The molecule has 5 nitrogen and oxygen atoms in total. The fourth-order valence-corrected chi connectivity index (χ4v) is 4.31. The zero-order chi connectivity index (χ0) is 19.6. The fourth-order valence-electron chi connectivity index (χ4n) is 4.31. The van der Waals surface area contributed by atoms with Crippen molar-refractivity contribution in [2.75, 3.05) is 26.2 Å². The number of rotatable bonds is 6. The highest BCUT2D eigenvalue weighted by Crippen LogP contribution is 2.49. The second kappa shape index (κ2) is 9.45. The molecule has 1 aromatic heterocycles. The summed E-state index contributed by atoms with van der Waals surface area (Å²) in [5.41, 5.74) is 2.01. The van der Waals surface area contributed by atoms with Crippen LogP contribution in [-0.2, 0) is 18.9 Å². The molecule has 29 heavy (non-hydrogen) atoms. The van der Waals surface area contributed by atoms with Gasteiger partial charge in [-0.2, -0.15) is 5.10 Å². The standard InChI is InChI=1S/C22H30FN5.HI/c1-3-24-21(25-16-22(9-10-22)19-6-4-5-7-20(19)23)28-11-8-17(15-28)12-18-13-26-27(2)14-18;/h4-7,13-14,17H,3,8-12,15-16H2,1-2H3,(H,24,25);1H. The predicted molar refractivity (Wildman–Crippen MR) is 125 cm³/mol. The van der Waals surface area contributed by atoms with Crippen molar-refractivity contribution in [3.8, 4) is 0 Å². The highest BCUT2D eigenvalue weighted by atomic mass is 127. The molecule has 1 aliphatic carbocycles. The van der Waals surface area contributed by atoms with Crippen molar-refractivity contribution in [1.29, 1.82) is 0 Å². The molecule has 0 spiro atoms. The van der Waals surface area contributed by atoms with Gasteiger partial charge in [-0.1, -0.05) is 18.2 Å². The van der Waals surface area contributed by atoms with Gasteiger partial charge in [0.1, 0.15) is 5.82 Å². The molecule has 0 amide bonds. The number of hydrogen-bond donors (Lipinski definition) is 1. The Morgan fingerprint density at radius 1 is 1.34 bits per heavy atom. The predicted octanol–water partition coefficient (Wildman–Crippen LogP) is 3.74. The third-order valence-electron chi connectivity index (χ3n) is 6.03. The summed E-state index contributed by atoms with van der Waals surface area (Å²) in [6, 6.07) is 7.17. The molecule has 1 saturated carbocycles. The Kier molecular flexibility index (Phi) is 7.19. The van der Waals surface area contributed by atoms with Gasteiger partial charge in [-0.25, -0.2) is 4.39 Å². The Bertz CT molecular complexity index is 845. The van der Waals surface area contributed by atoms with E-state index in [0.29, 0.717) is 12.5 Å². The summed E-state index contributed by atoms with van der Waals surface area (Å²) in [6.45, 7) is 5.62. The molecule has 1 aromatic carbocycles. The van der Waals surface area contributed by atoms with E-state index in [0.717, 1.165) is 56.8 Å². The molecule has 4 rings (SSSR count). The number of benzene rings is 1. The summed E-state index contributed by atoms with van der Waals surface area (Å²) in [5, 5.41) is 7.72. The molecular formula is C22H31FIN5. The summed E-state index contributed by atoms with van der Waals surface area (Å²) in [5.74, 6) is 1.49. The largest absolute Gasteiger partial charge is 0.357 e. The number of nitrogens with one attached hydrogen (secondary N) is 1. The molecule has 1 aliphatic heterocycles. The number of halogens is 2. The summed E-state index contributed by atoms with van der Waals surface area (Å²) in [6.07, 6.45) is 8.32. The Labute approximate surface area is 189 Å². The average molecular weight is 511 g/mol. The van der Waals surface area contributed by atoms with Crippen LogP contribution >= 0.6 is 24.0 Å². The Balaban J connectivity index is 0.00000240. The molecule has 158 valence electrons. The maximum Gasteiger partial charge on any atom is 0.193 e. The molecule has 7 heteroatoms. The van der Waals surface area contributed by atoms with Gasteiger partial charge in [-0.15, -0.1) is 24.0 Å². The van der Waals surface area contributed by atoms with Crippen LogP contribution in [0.25, 0.3) is 0 Å². The number of hydrogen-bond acceptors (Lipinski definition) is 2. The molecule has 2 fully saturated rings. The molecule has 1 saturated heterocycles. The molecule has 1 N–H and O–H groups in total. The normalized spacial score (nSPS) is 20.4. The van der Waals surface area contributed by atoms with Crippen LogP contribution in [0, 0.1) is 11.7 Å². The molecule has 2 heterocycles. The van der Waals surface area contributed by atoms with Crippen molar-refractivity contribution in [3.63, 3.8) is 0 Å². The van der Waals surface area contributed by atoms with Gasteiger partial charge in [0.25, 0.3) is 0 Å². The summed E-state index contributed by atoms with van der Waals surface area (Å²) < 4.78 is 16.1. The maximum absolute atomic E-state index is 14.3. The number of aliphatic imine (C=N–C) groups is 1. The topological polar surface area (TPSA) is 45.5 Å². The van der Waals surface area contributed by atoms with E-state index in [1.54, 1.807) is 12.1 Å². The Hall–Kier alpha value is -1.64. The summed E-state index contributed by atoms with van der Waals surface area (Å²) in [7, 11) is 1.96. The third-order valence-corrected chi connectivity index (χ3v) is 6.03. The van der Waals surface area contributed by atoms with Crippen molar-refractivity contribution in [2.24, 2.45) is 18.0 Å². The van der Waals surface area contributed by atoms with Gasteiger partial charge in [0.15, 0.2) is 5.96 Å². The number of aryl methyl sites for hydroxylation is 1. The molecule has 1 atom stereocenters. The highest BCUT2D eigenvalue weighted by molar-refractivity contribution is 14.0. The quantitative estimate of drug-likeness (QED) is 0.365. The Morgan fingerprint density at radius 2 is 2.14 bits per heavy atom. The van der Waals surface area contributed by atoms with Crippen LogP contribution < -0.4 is 5.32 Å². The third kappa shape index (κ3) is 5.10. The lowest BCUT2D eigenvalue weighted by molar-refractivity contribution is 0.458. The van der Waals surface area contributed by atoms with Gasteiger partial charge in [0, 0.05) is 38.3 Å². The first-order valence-corrected chi connectivity index (χ1v) is 10.4. The first-order chi connectivity index (χ1) is 13.6. The van der Waals surface area contributed by atoms with E-state index in [4.69, 9.17) is 4.99 Å². The molecule has 2 aromatic rings. The summed E-state index contributed by atoms with van der Waals surface area (Å²) >= 11 is 0. The van der Waals surface area contributed by atoms with E-state index in [-0.39, 0.29) is 35.2 Å². The van der Waals surface area contributed by atoms with Crippen molar-refractivity contribution in [3.05, 3.63) is 53.6 Å². The molecular weight excluding hydrogens is 480 g/mol. The van der Waals surface area contributed by atoms with Gasteiger partial charge in [-0.05, 0) is 55.7 Å². The number of likely N-dealkylation sites (tertiary alicyclic amines) is 1. The van der Waals surface area contributed by atoms with Gasteiger partial charge in [-0.3, -0.25) is 9.67 Å². The monoisotopic (exact) mass is 511 g/mol. The maximum atomic E-state index is 14.3. The van der Waals surface area contributed by atoms with Crippen LogP contribution in [0.2, 0.25) is 0 Å². The molecule has 2 aliphatic rings. The summed E-state index contributed by atoms with van der Waals surface area (Å²) in [4.78, 5) is 7.30. The van der Waals surface area contributed by atoms with Gasteiger partial charge in [0.05, 0.1) is 12.7 Å². The smallest absolute Gasteiger partial charge is 0.193 e. The van der Waals surface area contributed by atoms with Crippen molar-refractivity contribution in [1.82, 2.24) is 20.0 Å². The second-order valence-corrected chi connectivity index (χ2v) is 8.26. The van der Waals surface area contributed by atoms with Gasteiger partial charge < -0.3 is 10.2 Å². The minimum atomic E-state index is -0.110. The number of aromatic nitrogens is 2. The lowest BCUT2D eigenvalue weighted by atomic mass is 9.95. The van der Waals surface area contributed by atoms with Crippen molar-refractivity contribution >= 4 is 29.9 Å². The fraction of sp³-hybridized carbons (Fsp3) is 0.545. The van der Waals surface area contributed by atoms with Gasteiger partial charge >= 0.3 is 0 Å². The lowest BCUT2D eigenvalue weighted by Crippen LogP contribution is -2.40. The number of nitrogens with zero attached hydrogens (tertiary/aromatic N) is 4. The van der Waals surface area contributed by atoms with Crippen LogP contribution in [0.15, 0.2) is 41.7 Å². The minimum absolute atomic E-state index is 0. The van der Waals surface area contributed by atoms with Crippen molar-refractivity contribution < 1.29 is 4.39 Å². The molecule has 0 bridgehead atoms. The lowest BCUT2D eigenvalue weighted by Gasteiger charge is -2.23. The van der Waals surface area contributed by atoms with Gasteiger partial charge in [0.2, 0.25) is 0 Å². The SMILES string of the molecule is CCNC(=NCC1(c2ccccc2F)CC1)N1CCC(Cc2cnn(C)c2)C1.I. The van der Waals surface area contributed by atoms with Crippen LogP contribution in [0.3, 0.4) is 0 Å². The first-order valence-electron chi connectivity index (χ1n) is 10.4. The van der Waals surface area contributed by atoms with E-state index in [9.17, 15) is 4.39 Å². The van der Waals surface area contributed by atoms with Crippen LogP contribution in [0.4, 0.5) is 4.39 Å². The van der Waals surface area contributed by atoms with Crippen molar-refractivity contribution in [2.45, 2.75) is 38.0 Å². The van der Waals surface area contributed by atoms with E-state index in [1.807, 2.05) is 30.1 Å². The second-order valence-electron chi connectivity index (χ2n) is 8.26. The van der Waals surface area contributed by atoms with E-state index in [1.165, 1.54) is 5.56 Å². The Morgan fingerprint density at radius 3 is 2.79 bits per heavy atom. The molecule has 0 radical (unpaired) electrons. The van der Waals surface area contributed by atoms with Crippen LogP contribution in [0.1, 0.15) is 37.3 Å². The average Bonchev–Trinajstić information content (AvgIpc) is 3.13. The van der Waals surface area contributed by atoms with Crippen LogP contribution in [0.5, 0.6) is 0 Å².